The number of hydrogen-bond acceptors (Lipinski definition) is 4. The number of aliphatic hydroxyl groups excluding tert-OH is 1. The largest absolute Gasteiger partial charge is 0.490 e. The topological polar surface area (TPSA) is 75.8 Å². The minimum absolute atomic E-state index is 0.0878. The first-order valence-electron chi connectivity index (χ1n) is 9.26. The minimum Gasteiger partial charge on any atom is -0.490 e. The minimum atomic E-state index is -0.884. The molecule has 0 aromatic heterocycles. The number of ether oxygens (including phenoxy) is 1. The first-order valence-corrected chi connectivity index (χ1v) is 10.0. The zero-order valence-electron chi connectivity index (χ0n) is 15.6. The fourth-order valence-corrected chi connectivity index (χ4v) is 3.64. The lowest BCUT2D eigenvalue weighted by Gasteiger charge is -2.31. The molecule has 1 fully saturated rings. The zero-order valence-corrected chi connectivity index (χ0v) is 17.2. The molecule has 3 N–H and O–H groups in total. The van der Waals surface area contributed by atoms with E-state index >= 15 is 0 Å². The Bertz CT molecular complexity index is 821. The average Bonchev–Trinajstić information content (AvgIpc) is 2.70. The number of halogens is 2. The van der Waals surface area contributed by atoms with Crippen LogP contribution in [0.4, 0.5) is 0 Å². The molecular weight excluding hydrogens is 399 g/mol. The van der Waals surface area contributed by atoms with Crippen LogP contribution >= 0.6 is 23.2 Å². The van der Waals surface area contributed by atoms with Gasteiger partial charge in [-0.2, -0.15) is 0 Å². The van der Waals surface area contributed by atoms with Gasteiger partial charge in [-0.05, 0) is 35.4 Å². The number of piperidine rings is 1. The lowest BCUT2D eigenvalue weighted by atomic mass is 9.96. The van der Waals surface area contributed by atoms with E-state index in [-0.39, 0.29) is 12.0 Å². The molecule has 5 nitrogen and oxygen atoms in total. The molecule has 1 amide bonds. The number of hydrogen-bond donors (Lipinski definition) is 2. The van der Waals surface area contributed by atoms with Crippen molar-refractivity contribution in [3.63, 3.8) is 0 Å². The van der Waals surface area contributed by atoms with E-state index in [1.165, 1.54) is 0 Å². The van der Waals surface area contributed by atoms with Gasteiger partial charge in [0.1, 0.15) is 11.9 Å². The molecule has 28 heavy (non-hydrogen) atoms. The van der Waals surface area contributed by atoms with Crippen LogP contribution in [0, 0.1) is 0 Å². The normalized spacial score (nSPS) is 17.2. The summed E-state index contributed by atoms with van der Waals surface area (Å²) in [5.74, 6) is 0.843. The number of benzene rings is 2. The molecule has 0 aliphatic carbocycles. The molecule has 1 aliphatic heterocycles. The maximum atomic E-state index is 11.4. The number of nitrogens with two attached hydrogens (primary N) is 1. The second-order valence-electron chi connectivity index (χ2n) is 7.04. The first-order chi connectivity index (χ1) is 13.3. The molecule has 1 heterocycles. The Morgan fingerprint density at radius 1 is 1.11 bits per heavy atom. The molecule has 1 aliphatic rings. The van der Waals surface area contributed by atoms with Crippen LogP contribution in [0.2, 0.25) is 10.0 Å². The lowest BCUT2D eigenvalue weighted by Crippen LogP contribution is -2.40. The van der Waals surface area contributed by atoms with Crippen LogP contribution in [0.15, 0.2) is 42.5 Å². The van der Waals surface area contributed by atoms with Gasteiger partial charge < -0.3 is 20.5 Å². The van der Waals surface area contributed by atoms with Crippen molar-refractivity contribution in [2.75, 3.05) is 13.1 Å². The molecule has 2 aromatic rings. The SMILES string of the molecule is CC(=O)N1CCC(Oc2ccc([C@@H](O)[C@@H](N)c3ccc(Cl)c(Cl)c3)cc2)CC1. The third-order valence-corrected chi connectivity index (χ3v) is 5.82. The highest BCUT2D eigenvalue weighted by molar-refractivity contribution is 6.42. The summed E-state index contributed by atoms with van der Waals surface area (Å²) >= 11 is 12.0. The maximum Gasteiger partial charge on any atom is 0.219 e. The molecule has 150 valence electrons. The van der Waals surface area contributed by atoms with Crippen LogP contribution < -0.4 is 10.5 Å². The van der Waals surface area contributed by atoms with Crippen LogP contribution in [0.5, 0.6) is 5.75 Å². The van der Waals surface area contributed by atoms with Crippen molar-refractivity contribution in [1.29, 1.82) is 0 Å². The van der Waals surface area contributed by atoms with Crippen molar-refractivity contribution >= 4 is 29.1 Å². The summed E-state index contributed by atoms with van der Waals surface area (Å²) in [6.07, 6.45) is 0.827. The van der Waals surface area contributed by atoms with Crippen LogP contribution in [-0.2, 0) is 4.79 Å². The number of amides is 1. The number of carbonyl (C=O) groups is 1. The number of likely N-dealkylation sites (tertiary alicyclic amines) is 1. The summed E-state index contributed by atoms with van der Waals surface area (Å²) in [5.41, 5.74) is 7.60. The molecule has 0 spiro atoms. The van der Waals surface area contributed by atoms with Gasteiger partial charge >= 0.3 is 0 Å². The summed E-state index contributed by atoms with van der Waals surface area (Å²) in [5, 5.41) is 11.5. The summed E-state index contributed by atoms with van der Waals surface area (Å²) in [6, 6.07) is 11.7. The Hall–Kier alpha value is -1.79. The number of nitrogens with zero attached hydrogens (tertiary/aromatic N) is 1. The molecule has 1 saturated heterocycles. The van der Waals surface area contributed by atoms with Gasteiger partial charge in [0, 0.05) is 32.9 Å². The van der Waals surface area contributed by atoms with Crippen molar-refractivity contribution in [2.24, 2.45) is 5.73 Å². The summed E-state index contributed by atoms with van der Waals surface area (Å²) in [6.45, 7) is 3.03. The number of carbonyl (C=O) groups excluding carboxylic acids is 1. The molecular formula is C21H24Cl2N2O3. The fourth-order valence-electron chi connectivity index (χ4n) is 3.33. The number of rotatable bonds is 5. The van der Waals surface area contributed by atoms with Gasteiger partial charge in [0.25, 0.3) is 0 Å². The second-order valence-corrected chi connectivity index (χ2v) is 7.85. The molecule has 0 radical (unpaired) electrons. The van der Waals surface area contributed by atoms with E-state index in [9.17, 15) is 9.90 Å². The highest BCUT2D eigenvalue weighted by Gasteiger charge is 2.23. The van der Waals surface area contributed by atoms with E-state index in [1.807, 2.05) is 29.2 Å². The van der Waals surface area contributed by atoms with E-state index in [4.69, 9.17) is 33.7 Å². The van der Waals surface area contributed by atoms with Crippen LogP contribution in [0.25, 0.3) is 0 Å². The molecule has 2 atom stereocenters. The molecule has 0 unspecified atom stereocenters. The monoisotopic (exact) mass is 422 g/mol. The molecule has 3 rings (SSSR count). The summed E-state index contributed by atoms with van der Waals surface area (Å²) < 4.78 is 6.01. The van der Waals surface area contributed by atoms with Crippen LogP contribution in [0.3, 0.4) is 0 Å². The van der Waals surface area contributed by atoms with Gasteiger partial charge in [0.2, 0.25) is 5.91 Å². The van der Waals surface area contributed by atoms with Crippen molar-refractivity contribution in [1.82, 2.24) is 4.90 Å². The third kappa shape index (κ3) is 4.97. The summed E-state index contributed by atoms with van der Waals surface area (Å²) in [7, 11) is 0. The van der Waals surface area contributed by atoms with E-state index in [0.29, 0.717) is 21.2 Å². The van der Waals surface area contributed by atoms with Crippen molar-refractivity contribution in [3.8, 4) is 5.75 Å². The predicted molar refractivity (Wildman–Crippen MR) is 111 cm³/mol. The van der Waals surface area contributed by atoms with Gasteiger partial charge in [-0.25, -0.2) is 0 Å². The molecule has 7 heteroatoms. The molecule has 0 bridgehead atoms. The molecule has 0 saturated carbocycles. The highest BCUT2D eigenvalue weighted by atomic mass is 35.5. The number of aliphatic hydroxyl groups is 1. The lowest BCUT2D eigenvalue weighted by molar-refractivity contribution is -0.130. The highest BCUT2D eigenvalue weighted by Crippen LogP contribution is 2.32. The third-order valence-electron chi connectivity index (χ3n) is 5.08. The van der Waals surface area contributed by atoms with Crippen molar-refractivity contribution in [3.05, 3.63) is 63.6 Å². The maximum absolute atomic E-state index is 11.4. The van der Waals surface area contributed by atoms with E-state index in [0.717, 1.165) is 31.7 Å². The van der Waals surface area contributed by atoms with Crippen LogP contribution in [0.1, 0.15) is 43.0 Å². The van der Waals surface area contributed by atoms with Gasteiger partial charge in [-0.15, -0.1) is 0 Å². The Balaban J connectivity index is 1.60. The Morgan fingerprint density at radius 3 is 2.29 bits per heavy atom. The molecule has 2 aromatic carbocycles. The standard InChI is InChI=1S/C21H24Cl2N2O3/c1-13(26)25-10-8-17(9-11-25)28-16-5-2-14(3-6-16)21(27)20(24)15-4-7-18(22)19(23)12-15/h2-7,12,17,20-21,27H,8-11,24H2,1H3/t20-,21+/m0/s1. The Morgan fingerprint density at radius 2 is 1.71 bits per heavy atom. The summed E-state index contributed by atoms with van der Waals surface area (Å²) in [4.78, 5) is 13.2. The Kier molecular flexibility index (Phi) is 6.83. The van der Waals surface area contributed by atoms with E-state index < -0.39 is 12.1 Å². The predicted octanol–water partition coefficient (Wildman–Crippen LogP) is 4.12. The van der Waals surface area contributed by atoms with Gasteiger partial charge in [-0.3, -0.25) is 4.79 Å². The van der Waals surface area contributed by atoms with Gasteiger partial charge in [-0.1, -0.05) is 41.4 Å². The van der Waals surface area contributed by atoms with Crippen molar-refractivity contribution in [2.45, 2.75) is 38.0 Å². The first kappa shape index (κ1) is 20.9. The smallest absolute Gasteiger partial charge is 0.219 e. The van der Waals surface area contributed by atoms with E-state index in [2.05, 4.69) is 0 Å². The second kappa shape index (κ2) is 9.14. The van der Waals surface area contributed by atoms with Gasteiger partial charge in [0.15, 0.2) is 0 Å². The van der Waals surface area contributed by atoms with Crippen LogP contribution in [-0.4, -0.2) is 35.1 Å². The van der Waals surface area contributed by atoms with Crippen molar-refractivity contribution < 1.29 is 14.6 Å². The zero-order chi connectivity index (χ0) is 20.3. The quantitative estimate of drug-likeness (QED) is 0.759. The van der Waals surface area contributed by atoms with Gasteiger partial charge in [0.05, 0.1) is 22.2 Å². The Labute approximate surface area is 175 Å². The van der Waals surface area contributed by atoms with E-state index in [1.54, 1.807) is 25.1 Å². The average molecular weight is 423 g/mol. The fraction of sp³-hybridized carbons (Fsp3) is 0.381.